The number of hydrogen-bond donors (Lipinski definition) is 1. The second-order valence-electron chi connectivity index (χ2n) is 3.07. The summed E-state index contributed by atoms with van der Waals surface area (Å²) < 4.78 is 5.55. The van der Waals surface area contributed by atoms with Crippen molar-refractivity contribution in [2.24, 2.45) is 5.73 Å². The third-order valence-electron chi connectivity index (χ3n) is 2.05. The predicted octanol–water partition coefficient (Wildman–Crippen LogP) is 1.25. The van der Waals surface area contributed by atoms with Gasteiger partial charge in [0.25, 0.3) is 0 Å². The molecule has 1 rings (SSSR count). The van der Waals surface area contributed by atoms with Gasteiger partial charge < -0.3 is 10.5 Å². The summed E-state index contributed by atoms with van der Waals surface area (Å²) in [6.45, 7) is 0.763. The fraction of sp³-hybridized carbons (Fsp3) is 1.00. The summed E-state index contributed by atoms with van der Waals surface area (Å²) in [6.07, 6.45) is 6.10. The number of thioether (sulfide) groups is 1. The van der Waals surface area contributed by atoms with Crippen molar-refractivity contribution in [2.45, 2.75) is 31.4 Å². The maximum absolute atomic E-state index is 5.70. The first-order valence-electron chi connectivity index (χ1n) is 4.19. The van der Waals surface area contributed by atoms with Crippen LogP contribution in [0, 0.1) is 0 Å². The minimum absolute atomic E-state index is 0.292. The molecule has 0 amide bonds. The molecule has 2 nitrogen and oxygen atoms in total. The van der Waals surface area contributed by atoms with Crippen molar-refractivity contribution in [3.63, 3.8) is 0 Å². The van der Waals surface area contributed by atoms with Crippen LogP contribution >= 0.6 is 11.8 Å². The fourth-order valence-electron chi connectivity index (χ4n) is 1.30. The minimum Gasteiger partial charge on any atom is -0.377 e. The van der Waals surface area contributed by atoms with Crippen molar-refractivity contribution in [1.29, 1.82) is 0 Å². The number of ether oxygens (including phenoxy) is 1. The maximum Gasteiger partial charge on any atom is 0.0621 e. The summed E-state index contributed by atoms with van der Waals surface area (Å²) in [5.41, 5.74) is 5.70. The minimum atomic E-state index is 0.292. The highest BCUT2D eigenvalue weighted by molar-refractivity contribution is 7.98. The zero-order valence-electron chi connectivity index (χ0n) is 7.08. The van der Waals surface area contributed by atoms with Crippen molar-refractivity contribution in [2.75, 3.05) is 18.6 Å². The molecule has 0 unspecified atom stereocenters. The molecular weight excluding hydrogens is 158 g/mol. The average molecular weight is 175 g/mol. The van der Waals surface area contributed by atoms with E-state index in [0.717, 1.165) is 19.4 Å². The van der Waals surface area contributed by atoms with Crippen LogP contribution in [0.3, 0.4) is 0 Å². The van der Waals surface area contributed by atoms with E-state index in [4.69, 9.17) is 10.5 Å². The van der Waals surface area contributed by atoms with Crippen LogP contribution in [0.5, 0.6) is 0 Å². The van der Waals surface area contributed by atoms with E-state index >= 15 is 0 Å². The van der Waals surface area contributed by atoms with E-state index in [2.05, 4.69) is 6.26 Å². The maximum atomic E-state index is 5.70. The highest BCUT2D eigenvalue weighted by Crippen LogP contribution is 2.16. The lowest BCUT2D eigenvalue weighted by molar-refractivity contribution is 0.00441. The van der Waals surface area contributed by atoms with Crippen LogP contribution in [-0.2, 0) is 4.74 Å². The molecule has 0 aliphatic carbocycles. The largest absolute Gasteiger partial charge is 0.377 e. The molecule has 2 N–H and O–H groups in total. The van der Waals surface area contributed by atoms with E-state index < -0.39 is 0 Å². The molecule has 11 heavy (non-hydrogen) atoms. The third kappa shape index (κ3) is 3.45. The Kier molecular flexibility index (Phi) is 4.26. The highest BCUT2D eigenvalue weighted by Gasteiger charge is 2.17. The molecule has 2 atom stereocenters. The molecule has 1 aliphatic rings. The standard InChI is InChI=1S/C8H17NOS/c1-11-5-4-8-3-2-7(9)6-10-8/h7-8H,2-6,9H2,1H3/t7-,8-/m0/s1. The van der Waals surface area contributed by atoms with Crippen LogP contribution in [0.2, 0.25) is 0 Å². The monoisotopic (exact) mass is 175 g/mol. The summed E-state index contributed by atoms with van der Waals surface area (Å²) in [5, 5.41) is 0. The molecule has 0 saturated carbocycles. The Bertz CT molecular complexity index is 99.5. The summed E-state index contributed by atoms with van der Waals surface area (Å²) in [5.74, 6) is 1.21. The summed E-state index contributed by atoms with van der Waals surface area (Å²) in [4.78, 5) is 0. The van der Waals surface area contributed by atoms with Crippen LogP contribution in [-0.4, -0.2) is 30.8 Å². The van der Waals surface area contributed by atoms with Gasteiger partial charge in [-0.3, -0.25) is 0 Å². The van der Waals surface area contributed by atoms with Crippen molar-refractivity contribution >= 4 is 11.8 Å². The second kappa shape index (κ2) is 5.01. The molecule has 0 aromatic heterocycles. The molecule has 0 radical (unpaired) electrons. The summed E-state index contributed by atoms with van der Waals surface area (Å²) in [7, 11) is 0. The van der Waals surface area contributed by atoms with Crippen LogP contribution in [0.1, 0.15) is 19.3 Å². The van der Waals surface area contributed by atoms with E-state index in [-0.39, 0.29) is 0 Å². The van der Waals surface area contributed by atoms with E-state index in [1.165, 1.54) is 12.2 Å². The Hall–Kier alpha value is 0.270. The molecule has 0 aromatic rings. The van der Waals surface area contributed by atoms with Crippen molar-refractivity contribution in [3.8, 4) is 0 Å². The Balaban J connectivity index is 2.07. The topological polar surface area (TPSA) is 35.2 Å². The van der Waals surface area contributed by atoms with E-state index in [1.807, 2.05) is 11.8 Å². The molecule has 1 heterocycles. The molecule has 1 saturated heterocycles. The van der Waals surface area contributed by atoms with Gasteiger partial charge in [-0.15, -0.1) is 0 Å². The first-order valence-corrected chi connectivity index (χ1v) is 5.58. The average Bonchev–Trinajstić information content (AvgIpc) is 2.04. The SMILES string of the molecule is CSCC[C@@H]1CC[C@H](N)CO1. The predicted molar refractivity (Wildman–Crippen MR) is 49.9 cm³/mol. The molecule has 1 aliphatic heterocycles. The number of rotatable bonds is 3. The van der Waals surface area contributed by atoms with Gasteiger partial charge in [-0.1, -0.05) is 0 Å². The van der Waals surface area contributed by atoms with Crippen LogP contribution in [0.15, 0.2) is 0 Å². The van der Waals surface area contributed by atoms with Gasteiger partial charge in [0, 0.05) is 6.04 Å². The zero-order valence-corrected chi connectivity index (χ0v) is 7.90. The zero-order chi connectivity index (χ0) is 8.10. The Morgan fingerprint density at radius 3 is 2.91 bits per heavy atom. The van der Waals surface area contributed by atoms with Crippen molar-refractivity contribution in [3.05, 3.63) is 0 Å². The van der Waals surface area contributed by atoms with Gasteiger partial charge in [-0.25, -0.2) is 0 Å². The summed E-state index contributed by atoms with van der Waals surface area (Å²) >= 11 is 1.88. The van der Waals surface area contributed by atoms with E-state index in [9.17, 15) is 0 Å². The lowest BCUT2D eigenvalue weighted by Crippen LogP contribution is -2.35. The molecule has 0 aromatic carbocycles. The fourth-order valence-corrected chi connectivity index (χ4v) is 1.80. The van der Waals surface area contributed by atoms with Crippen LogP contribution in [0.4, 0.5) is 0 Å². The van der Waals surface area contributed by atoms with E-state index in [1.54, 1.807) is 0 Å². The molecular formula is C8H17NOS. The first kappa shape index (κ1) is 9.36. The lowest BCUT2D eigenvalue weighted by atomic mass is 10.0. The van der Waals surface area contributed by atoms with Gasteiger partial charge in [0.2, 0.25) is 0 Å². The smallest absolute Gasteiger partial charge is 0.0621 e. The number of nitrogens with two attached hydrogens (primary N) is 1. The molecule has 3 heteroatoms. The van der Waals surface area contributed by atoms with Gasteiger partial charge >= 0.3 is 0 Å². The second-order valence-corrected chi connectivity index (χ2v) is 4.06. The van der Waals surface area contributed by atoms with Gasteiger partial charge in [-0.2, -0.15) is 11.8 Å². The van der Waals surface area contributed by atoms with Crippen LogP contribution in [0.25, 0.3) is 0 Å². The van der Waals surface area contributed by atoms with Gasteiger partial charge in [0.15, 0.2) is 0 Å². The van der Waals surface area contributed by atoms with Crippen molar-refractivity contribution < 1.29 is 4.74 Å². The highest BCUT2D eigenvalue weighted by atomic mass is 32.2. The molecule has 0 bridgehead atoms. The van der Waals surface area contributed by atoms with Gasteiger partial charge in [0.1, 0.15) is 0 Å². The Labute approximate surface area is 72.9 Å². The quantitative estimate of drug-likeness (QED) is 0.701. The summed E-state index contributed by atoms with van der Waals surface area (Å²) in [6, 6.07) is 0.292. The number of hydrogen-bond acceptors (Lipinski definition) is 3. The molecule has 66 valence electrons. The van der Waals surface area contributed by atoms with Gasteiger partial charge in [0.05, 0.1) is 12.7 Å². The normalized spacial score (nSPS) is 32.2. The van der Waals surface area contributed by atoms with E-state index in [0.29, 0.717) is 12.1 Å². The Morgan fingerprint density at radius 2 is 2.36 bits per heavy atom. The first-order chi connectivity index (χ1) is 5.33. The Morgan fingerprint density at radius 1 is 1.55 bits per heavy atom. The van der Waals surface area contributed by atoms with Gasteiger partial charge in [-0.05, 0) is 31.3 Å². The van der Waals surface area contributed by atoms with Crippen LogP contribution < -0.4 is 5.73 Å². The molecule has 1 fully saturated rings. The molecule has 0 spiro atoms. The van der Waals surface area contributed by atoms with Crippen molar-refractivity contribution in [1.82, 2.24) is 0 Å². The third-order valence-corrected chi connectivity index (χ3v) is 2.69. The lowest BCUT2D eigenvalue weighted by Gasteiger charge is -2.26.